The van der Waals surface area contributed by atoms with E-state index >= 15 is 0 Å². The molecule has 4 aliphatic rings. The van der Waals surface area contributed by atoms with E-state index in [1.165, 1.54) is 19.3 Å². The number of nitrogens with zero attached hydrogens (tertiary/aromatic N) is 2. The highest BCUT2D eigenvalue weighted by Gasteiger charge is 2.44. The van der Waals surface area contributed by atoms with Gasteiger partial charge >= 0.3 is 6.03 Å². The van der Waals surface area contributed by atoms with Crippen LogP contribution in [-0.4, -0.2) is 65.1 Å². The second kappa shape index (κ2) is 8.61. The van der Waals surface area contributed by atoms with Crippen molar-refractivity contribution >= 4 is 29.7 Å². The van der Waals surface area contributed by atoms with Crippen LogP contribution >= 0.6 is 0 Å². The van der Waals surface area contributed by atoms with Crippen molar-refractivity contribution in [3.05, 3.63) is 34.9 Å². The first-order valence-electron chi connectivity index (χ1n) is 11.8. The molecule has 9 nitrogen and oxygen atoms in total. The van der Waals surface area contributed by atoms with E-state index in [-0.39, 0.29) is 30.0 Å². The largest absolute Gasteiger partial charge is 0.338 e. The summed E-state index contributed by atoms with van der Waals surface area (Å²) in [4.78, 5) is 64.6. The van der Waals surface area contributed by atoms with E-state index in [9.17, 15) is 24.0 Å². The third-order valence-corrected chi connectivity index (χ3v) is 7.44. The van der Waals surface area contributed by atoms with Gasteiger partial charge in [0.2, 0.25) is 11.8 Å². The first-order chi connectivity index (χ1) is 15.9. The lowest BCUT2D eigenvalue weighted by atomic mass is 10.0. The maximum Gasteiger partial charge on any atom is 0.317 e. The molecule has 3 atom stereocenters. The molecule has 9 heteroatoms. The summed E-state index contributed by atoms with van der Waals surface area (Å²) in [5.41, 5.74) is 1.46. The Balaban J connectivity index is 1.15. The number of carbonyl (C=O) groups is 5. The molecule has 5 rings (SSSR count). The monoisotopic (exact) mass is 452 g/mol. The molecule has 1 aromatic rings. The van der Waals surface area contributed by atoms with Crippen LogP contribution in [0.4, 0.5) is 4.79 Å². The molecule has 3 aliphatic heterocycles. The number of nitrogens with one attached hydrogen (secondary N) is 2. The van der Waals surface area contributed by atoms with Gasteiger partial charge in [-0.3, -0.25) is 29.4 Å². The van der Waals surface area contributed by atoms with Gasteiger partial charge in [-0.05, 0) is 61.6 Å². The van der Waals surface area contributed by atoms with Crippen LogP contribution in [0, 0.1) is 11.8 Å². The van der Waals surface area contributed by atoms with Gasteiger partial charge in [0.05, 0.1) is 11.1 Å². The number of urea groups is 1. The van der Waals surface area contributed by atoms with Crippen molar-refractivity contribution in [1.82, 2.24) is 20.4 Å². The lowest BCUT2D eigenvalue weighted by Gasteiger charge is -2.27. The second-order valence-corrected chi connectivity index (χ2v) is 9.52. The third-order valence-electron chi connectivity index (χ3n) is 7.44. The summed E-state index contributed by atoms with van der Waals surface area (Å²) in [6.45, 7) is 2.26. The van der Waals surface area contributed by atoms with Crippen LogP contribution in [0.5, 0.6) is 0 Å². The number of rotatable bonds is 5. The number of likely N-dealkylation sites (tertiary alicyclic amines) is 1. The lowest BCUT2D eigenvalue weighted by molar-refractivity contribution is -0.136. The predicted molar refractivity (Wildman–Crippen MR) is 117 cm³/mol. The number of hydrogen-bond acceptors (Lipinski definition) is 5. The van der Waals surface area contributed by atoms with Gasteiger partial charge in [-0.15, -0.1) is 0 Å². The Labute approximate surface area is 191 Å². The van der Waals surface area contributed by atoms with E-state index < -0.39 is 29.7 Å². The molecule has 0 aromatic heterocycles. The molecular formula is C24H28N4O5. The molecule has 1 unspecified atom stereocenters. The van der Waals surface area contributed by atoms with Gasteiger partial charge in [0, 0.05) is 26.1 Å². The zero-order valence-corrected chi connectivity index (χ0v) is 18.5. The fourth-order valence-electron chi connectivity index (χ4n) is 5.67. The van der Waals surface area contributed by atoms with Crippen LogP contribution in [0.25, 0.3) is 0 Å². The highest BCUT2D eigenvalue weighted by Crippen LogP contribution is 2.37. The average molecular weight is 453 g/mol. The second-order valence-electron chi connectivity index (χ2n) is 9.52. The topological polar surface area (TPSA) is 116 Å². The van der Waals surface area contributed by atoms with Gasteiger partial charge in [-0.25, -0.2) is 4.79 Å². The number of imide groups is 2. The molecule has 6 amide bonds. The van der Waals surface area contributed by atoms with Gasteiger partial charge in [0.15, 0.2) is 0 Å². The van der Waals surface area contributed by atoms with Gasteiger partial charge in [-0.2, -0.15) is 0 Å². The van der Waals surface area contributed by atoms with E-state index in [1.54, 1.807) is 12.1 Å². The third kappa shape index (κ3) is 4.00. The molecule has 0 radical (unpaired) electrons. The molecule has 174 valence electrons. The van der Waals surface area contributed by atoms with Gasteiger partial charge < -0.3 is 10.2 Å². The summed E-state index contributed by atoms with van der Waals surface area (Å²) in [7, 11) is 0. The van der Waals surface area contributed by atoms with Crippen LogP contribution in [0.15, 0.2) is 18.2 Å². The zero-order chi connectivity index (χ0) is 23.1. The summed E-state index contributed by atoms with van der Waals surface area (Å²) in [5.74, 6) is -0.671. The fraction of sp³-hybridized carbons (Fsp3) is 0.542. The molecule has 0 spiro atoms. The summed E-state index contributed by atoms with van der Waals surface area (Å²) in [5, 5.41) is 5.20. The van der Waals surface area contributed by atoms with Crippen LogP contribution in [0.3, 0.4) is 0 Å². The zero-order valence-electron chi connectivity index (χ0n) is 18.5. The molecule has 3 fully saturated rings. The molecule has 3 heterocycles. The molecule has 33 heavy (non-hydrogen) atoms. The van der Waals surface area contributed by atoms with E-state index in [0.717, 1.165) is 23.6 Å². The van der Waals surface area contributed by atoms with E-state index in [2.05, 4.69) is 10.6 Å². The molecule has 2 N–H and O–H groups in total. The minimum absolute atomic E-state index is 0.000917. The Kier molecular flexibility index (Phi) is 5.64. The number of fused-ring (bicyclic) bond motifs is 2. The van der Waals surface area contributed by atoms with Crippen molar-refractivity contribution in [2.45, 2.75) is 51.0 Å². The number of amides is 6. The molecule has 0 bridgehead atoms. The van der Waals surface area contributed by atoms with Crippen molar-refractivity contribution in [2.24, 2.45) is 11.8 Å². The Morgan fingerprint density at radius 3 is 2.45 bits per heavy atom. The first kappa shape index (κ1) is 21.6. The van der Waals surface area contributed by atoms with Crippen molar-refractivity contribution in [1.29, 1.82) is 0 Å². The quantitative estimate of drug-likeness (QED) is 0.518. The predicted octanol–water partition coefficient (Wildman–Crippen LogP) is 1.46. The SMILES string of the molecule is O=C1CCC(N2C(=O)c3ccc(CCCNC(=O)N4C[C@H]5CCC[C@H]5C4)cc3C2=O)C(=O)N1. The summed E-state index contributed by atoms with van der Waals surface area (Å²) in [6.07, 6.45) is 5.35. The number of piperidine rings is 1. The van der Waals surface area contributed by atoms with Gasteiger partial charge in [0.25, 0.3) is 11.8 Å². The van der Waals surface area contributed by atoms with E-state index in [0.29, 0.717) is 31.2 Å². The maximum absolute atomic E-state index is 12.9. The van der Waals surface area contributed by atoms with Crippen molar-refractivity contribution in [2.75, 3.05) is 19.6 Å². The highest BCUT2D eigenvalue weighted by molar-refractivity contribution is 6.23. The van der Waals surface area contributed by atoms with Crippen molar-refractivity contribution in [3.63, 3.8) is 0 Å². The fourth-order valence-corrected chi connectivity index (χ4v) is 5.67. The van der Waals surface area contributed by atoms with Crippen LogP contribution in [-0.2, 0) is 16.0 Å². The lowest BCUT2D eigenvalue weighted by Crippen LogP contribution is -2.54. The van der Waals surface area contributed by atoms with E-state index in [4.69, 9.17) is 0 Å². The normalized spacial score (nSPS) is 26.5. The van der Waals surface area contributed by atoms with E-state index in [1.807, 2.05) is 11.0 Å². The summed E-state index contributed by atoms with van der Waals surface area (Å²) < 4.78 is 0. The molecule has 1 aliphatic carbocycles. The Morgan fingerprint density at radius 1 is 1.00 bits per heavy atom. The van der Waals surface area contributed by atoms with Crippen LogP contribution in [0.1, 0.15) is 64.8 Å². The summed E-state index contributed by atoms with van der Waals surface area (Å²) in [6, 6.07) is 4.17. The number of benzene rings is 1. The standard InChI is InChI=1S/C24H28N4O5/c29-20-9-8-19(21(30)26-20)28-22(31)17-7-6-14(11-18(17)23(28)32)3-2-10-25-24(33)27-12-15-4-1-5-16(15)13-27/h6-7,11,15-16,19H,1-5,8-10,12-13H2,(H,25,33)(H,26,29,30)/t15-,16+,19?. The first-order valence-corrected chi connectivity index (χ1v) is 11.8. The Bertz CT molecular complexity index is 1030. The van der Waals surface area contributed by atoms with Crippen LogP contribution < -0.4 is 10.6 Å². The molecule has 1 saturated carbocycles. The Hall–Kier alpha value is -3.23. The minimum atomic E-state index is -0.959. The highest BCUT2D eigenvalue weighted by atomic mass is 16.2. The maximum atomic E-state index is 12.9. The van der Waals surface area contributed by atoms with Crippen molar-refractivity contribution in [3.8, 4) is 0 Å². The van der Waals surface area contributed by atoms with Crippen LogP contribution in [0.2, 0.25) is 0 Å². The number of aryl methyl sites for hydroxylation is 1. The minimum Gasteiger partial charge on any atom is -0.338 e. The smallest absolute Gasteiger partial charge is 0.317 e. The number of carbonyl (C=O) groups excluding carboxylic acids is 5. The Morgan fingerprint density at radius 2 is 1.73 bits per heavy atom. The van der Waals surface area contributed by atoms with Crippen molar-refractivity contribution < 1.29 is 24.0 Å². The summed E-state index contributed by atoms with van der Waals surface area (Å²) >= 11 is 0. The molecule has 2 saturated heterocycles. The van der Waals surface area contributed by atoms with Gasteiger partial charge in [-0.1, -0.05) is 12.5 Å². The molecular weight excluding hydrogens is 424 g/mol. The molecule has 1 aromatic carbocycles. The van der Waals surface area contributed by atoms with Gasteiger partial charge in [0.1, 0.15) is 6.04 Å². The number of hydrogen-bond donors (Lipinski definition) is 2. The average Bonchev–Trinajstić information content (AvgIpc) is 3.46.